The number of hydrogen-bond acceptors (Lipinski definition) is 13. The Morgan fingerprint density at radius 1 is 1.07 bits per heavy atom. The van der Waals surface area contributed by atoms with Gasteiger partial charge in [-0.3, -0.25) is 4.90 Å². The summed E-state index contributed by atoms with van der Waals surface area (Å²) in [6.07, 6.45) is -0.703. The molecule has 3 rings (SSSR count). The number of nitriles is 1. The summed E-state index contributed by atoms with van der Waals surface area (Å²) >= 11 is 0. The van der Waals surface area contributed by atoms with Gasteiger partial charge in [0, 0.05) is 48.6 Å². The number of aliphatic hydroxyl groups is 2. The fourth-order valence-electron chi connectivity index (χ4n) is 4.59. The lowest BCUT2D eigenvalue weighted by Gasteiger charge is -2.35. The summed E-state index contributed by atoms with van der Waals surface area (Å²) in [5, 5.41) is 44.4. The second-order valence-corrected chi connectivity index (χ2v) is 13.6. The zero-order valence-corrected chi connectivity index (χ0v) is 28.1. The van der Waals surface area contributed by atoms with Gasteiger partial charge in [-0.25, -0.2) is 13.4 Å². The highest BCUT2D eigenvalue weighted by Gasteiger charge is 2.27. The molecule has 3 aromatic rings. The zero-order valence-electron chi connectivity index (χ0n) is 27.3. The van der Waals surface area contributed by atoms with Crippen molar-refractivity contribution in [3.8, 4) is 17.6 Å². The molecule has 0 aliphatic rings. The van der Waals surface area contributed by atoms with Crippen molar-refractivity contribution >= 4 is 38.5 Å². The van der Waals surface area contributed by atoms with Crippen LogP contribution in [0.2, 0.25) is 0 Å². The van der Waals surface area contributed by atoms with Crippen LogP contribution in [0, 0.1) is 18.3 Å². The number of nitrogens with one attached hydrogen (secondary N) is 2. The largest absolute Gasteiger partial charge is 0.495 e. The predicted octanol–water partition coefficient (Wildman–Crippen LogP) is 5.10. The summed E-state index contributed by atoms with van der Waals surface area (Å²) in [5.74, 6) is 0.556. The summed E-state index contributed by atoms with van der Waals surface area (Å²) in [4.78, 5) is 6.44. The van der Waals surface area contributed by atoms with Gasteiger partial charge in [0.2, 0.25) is 0 Å². The number of aromatic nitrogens is 1. The number of para-hydroxylation sites is 1. The first-order valence-corrected chi connectivity index (χ1v) is 16.4. The highest BCUT2D eigenvalue weighted by atomic mass is 32.2. The smallest absolute Gasteiger partial charge is 0.183 e. The van der Waals surface area contributed by atoms with E-state index in [4.69, 9.17) is 9.47 Å². The Kier molecular flexibility index (Phi) is 12.4. The van der Waals surface area contributed by atoms with Crippen molar-refractivity contribution in [1.29, 1.82) is 5.26 Å². The van der Waals surface area contributed by atoms with E-state index in [-0.39, 0.29) is 70.1 Å². The summed E-state index contributed by atoms with van der Waals surface area (Å²) in [5.41, 5.74) is 1.54. The minimum absolute atomic E-state index is 0.0571. The first-order chi connectivity index (χ1) is 21.7. The van der Waals surface area contributed by atoms with E-state index in [1.165, 1.54) is 26.4 Å². The van der Waals surface area contributed by atoms with Crippen LogP contribution < -0.4 is 20.1 Å². The Bertz CT molecular complexity index is 1670. The molecule has 1 heterocycles. The van der Waals surface area contributed by atoms with Gasteiger partial charge in [-0.05, 0) is 46.8 Å². The van der Waals surface area contributed by atoms with Crippen LogP contribution >= 0.6 is 0 Å². The number of sulfone groups is 1. The van der Waals surface area contributed by atoms with E-state index in [0.717, 1.165) is 5.69 Å². The third-order valence-electron chi connectivity index (χ3n) is 7.13. The van der Waals surface area contributed by atoms with Gasteiger partial charge >= 0.3 is 0 Å². The fraction of sp³-hybridized carbons (Fsp3) is 0.438. The van der Waals surface area contributed by atoms with Gasteiger partial charge < -0.3 is 30.3 Å². The van der Waals surface area contributed by atoms with Crippen molar-refractivity contribution in [1.82, 2.24) is 9.88 Å². The highest BCUT2D eigenvalue weighted by Crippen LogP contribution is 2.41. The van der Waals surface area contributed by atoms with Crippen molar-refractivity contribution in [2.24, 2.45) is 10.2 Å². The van der Waals surface area contributed by atoms with Crippen LogP contribution in [-0.4, -0.2) is 86.4 Å². The minimum Gasteiger partial charge on any atom is -0.495 e. The molecule has 0 aliphatic carbocycles. The number of pyridine rings is 1. The van der Waals surface area contributed by atoms with E-state index >= 15 is 0 Å². The summed E-state index contributed by atoms with van der Waals surface area (Å²) in [6.45, 7) is 9.78. The molecule has 0 fully saturated rings. The van der Waals surface area contributed by atoms with E-state index < -0.39 is 15.9 Å². The Morgan fingerprint density at radius 2 is 1.74 bits per heavy atom. The molecule has 14 heteroatoms. The molecular weight excluding hydrogens is 610 g/mol. The van der Waals surface area contributed by atoms with E-state index in [2.05, 4.69) is 31.9 Å². The molecule has 0 spiro atoms. The quantitative estimate of drug-likeness (QED) is 0.160. The van der Waals surface area contributed by atoms with Gasteiger partial charge in [-0.1, -0.05) is 18.2 Å². The van der Waals surface area contributed by atoms with Crippen LogP contribution in [0.5, 0.6) is 11.5 Å². The van der Waals surface area contributed by atoms with Crippen LogP contribution in [0.3, 0.4) is 0 Å². The van der Waals surface area contributed by atoms with Gasteiger partial charge in [-0.2, -0.15) is 5.26 Å². The summed E-state index contributed by atoms with van der Waals surface area (Å²) in [6, 6.07) is 14.2. The molecule has 0 aliphatic heterocycles. The van der Waals surface area contributed by atoms with Gasteiger partial charge in [0.15, 0.2) is 21.5 Å². The molecule has 1 aromatic heterocycles. The second kappa shape index (κ2) is 15.8. The molecule has 13 nitrogen and oxygen atoms in total. The SMILES string of the molecule is COc1cc(S(=O)(=O)CCN(CCO)C(C)(C)C)c(OC)cc1/N=N/c1c(NCC(C)O)nc(Nc2ccccc2)c(C#N)c1C. The van der Waals surface area contributed by atoms with E-state index in [1.807, 2.05) is 56.0 Å². The van der Waals surface area contributed by atoms with Crippen LogP contribution in [-0.2, 0) is 9.84 Å². The Labute approximate surface area is 270 Å². The monoisotopic (exact) mass is 653 g/mol. The number of benzene rings is 2. The van der Waals surface area contributed by atoms with Gasteiger partial charge in [0.1, 0.15) is 33.8 Å². The Balaban J connectivity index is 2.06. The van der Waals surface area contributed by atoms with Gasteiger partial charge in [-0.15, -0.1) is 10.2 Å². The first kappa shape index (κ1) is 36.2. The van der Waals surface area contributed by atoms with E-state index in [0.29, 0.717) is 17.9 Å². The molecule has 1 atom stereocenters. The summed E-state index contributed by atoms with van der Waals surface area (Å²) in [7, 11) is -1.10. The third-order valence-corrected chi connectivity index (χ3v) is 8.84. The Morgan fingerprint density at radius 3 is 2.30 bits per heavy atom. The van der Waals surface area contributed by atoms with Crippen LogP contribution in [0.25, 0.3) is 0 Å². The lowest BCUT2D eigenvalue weighted by Crippen LogP contribution is -2.45. The average molecular weight is 654 g/mol. The van der Waals surface area contributed by atoms with Gasteiger partial charge in [0.05, 0.1) is 38.2 Å². The van der Waals surface area contributed by atoms with Crippen molar-refractivity contribution in [2.45, 2.75) is 51.2 Å². The molecular formula is C32H43N7O6S. The number of rotatable bonds is 15. The van der Waals surface area contributed by atoms with Crippen molar-refractivity contribution in [3.63, 3.8) is 0 Å². The standard InChI is InChI=1S/C32H43N7O6S/c1-21(41)20-34-31-29(22(2)24(19-33)30(36-31)35-23-11-9-8-10-12-23)38-37-25-17-27(45-7)28(18-26(25)44-6)46(42,43)16-14-39(13-15-40)32(3,4)5/h8-12,17-18,21,40-41H,13-16,20H2,1-7H3,(H2,34,35,36)/b38-37+. The first-order valence-electron chi connectivity index (χ1n) is 14.7. The molecule has 2 aromatic carbocycles. The maximum Gasteiger partial charge on any atom is 0.183 e. The Hall–Kier alpha value is -4.29. The fourth-order valence-corrected chi connectivity index (χ4v) is 6.01. The molecule has 0 radical (unpaired) electrons. The molecule has 1 unspecified atom stereocenters. The van der Waals surface area contributed by atoms with Crippen molar-refractivity contribution in [2.75, 3.05) is 56.8 Å². The number of β-amino-alcohol motifs (C(OH)–C–C–N with tert-alkyl or cyclic N) is 1. The lowest BCUT2D eigenvalue weighted by molar-refractivity contribution is 0.113. The predicted molar refractivity (Wildman–Crippen MR) is 178 cm³/mol. The highest BCUT2D eigenvalue weighted by molar-refractivity contribution is 7.91. The average Bonchev–Trinajstić information content (AvgIpc) is 3.01. The number of aliphatic hydroxyl groups excluding tert-OH is 2. The molecule has 248 valence electrons. The van der Waals surface area contributed by atoms with Crippen LogP contribution in [0.1, 0.15) is 38.8 Å². The van der Waals surface area contributed by atoms with E-state index in [9.17, 15) is 23.9 Å². The number of ether oxygens (including phenoxy) is 2. The van der Waals surface area contributed by atoms with Crippen LogP contribution in [0.4, 0.5) is 28.7 Å². The molecule has 4 N–H and O–H groups in total. The molecule has 0 amide bonds. The molecule has 0 saturated carbocycles. The van der Waals surface area contributed by atoms with E-state index in [1.54, 1.807) is 13.8 Å². The number of hydrogen-bond donors (Lipinski definition) is 4. The number of anilines is 3. The number of azo groups is 1. The molecule has 46 heavy (non-hydrogen) atoms. The second-order valence-electron chi connectivity index (χ2n) is 11.6. The molecule has 0 saturated heterocycles. The topological polar surface area (TPSA) is 182 Å². The van der Waals surface area contributed by atoms with Crippen molar-refractivity contribution < 1.29 is 28.1 Å². The summed E-state index contributed by atoms with van der Waals surface area (Å²) < 4.78 is 38.0. The zero-order chi connectivity index (χ0) is 34.1. The maximum absolute atomic E-state index is 13.5. The third kappa shape index (κ3) is 9.13. The maximum atomic E-state index is 13.5. The van der Waals surface area contributed by atoms with Crippen molar-refractivity contribution in [3.05, 3.63) is 53.6 Å². The lowest BCUT2D eigenvalue weighted by atomic mass is 10.1. The normalized spacial score (nSPS) is 12.6. The number of methoxy groups -OCH3 is 2. The molecule has 0 bridgehead atoms. The van der Waals surface area contributed by atoms with Crippen LogP contribution in [0.15, 0.2) is 57.6 Å². The minimum atomic E-state index is -3.85. The number of nitrogens with zero attached hydrogens (tertiary/aromatic N) is 5. The van der Waals surface area contributed by atoms with Gasteiger partial charge in [0.25, 0.3) is 0 Å².